The van der Waals surface area contributed by atoms with Crippen molar-refractivity contribution in [2.45, 2.75) is 19.2 Å². The Morgan fingerprint density at radius 3 is 2.81 bits per heavy atom. The molecule has 0 heterocycles. The second-order valence-corrected chi connectivity index (χ2v) is 4.44. The number of benzene rings is 1. The first-order valence-electron chi connectivity index (χ1n) is 5.11. The highest BCUT2D eigenvalue weighted by molar-refractivity contribution is 6.20. The van der Waals surface area contributed by atoms with E-state index in [9.17, 15) is 4.79 Å². The van der Waals surface area contributed by atoms with Gasteiger partial charge in [-0.2, -0.15) is 0 Å². The van der Waals surface area contributed by atoms with Crippen LogP contribution < -0.4 is 10.1 Å². The van der Waals surface area contributed by atoms with Gasteiger partial charge in [0.2, 0.25) is 0 Å². The third-order valence-electron chi connectivity index (χ3n) is 2.14. The molecule has 1 aromatic carbocycles. The third-order valence-corrected chi connectivity index (χ3v) is 2.30. The average Bonchev–Trinajstić information content (AvgIpc) is 2.25. The highest BCUT2D eigenvalue weighted by atomic mass is 35.5. The fourth-order valence-electron chi connectivity index (χ4n) is 1.33. The van der Waals surface area contributed by atoms with Gasteiger partial charge < -0.3 is 10.1 Å². The van der Waals surface area contributed by atoms with Crippen LogP contribution in [0.5, 0.6) is 5.75 Å². The first-order chi connectivity index (χ1) is 7.54. The van der Waals surface area contributed by atoms with Crippen LogP contribution in [0.1, 0.15) is 22.8 Å². The minimum Gasteiger partial charge on any atom is -0.496 e. The number of amides is 1. The number of halogens is 1. The van der Waals surface area contributed by atoms with Gasteiger partial charge in [-0.15, -0.1) is 11.6 Å². The van der Waals surface area contributed by atoms with Gasteiger partial charge in [-0.25, -0.2) is 0 Å². The number of rotatable bonds is 4. The van der Waals surface area contributed by atoms with E-state index in [2.05, 4.69) is 5.32 Å². The van der Waals surface area contributed by atoms with Crippen molar-refractivity contribution < 1.29 is 9.53 Å². The molecule has 0 spiro atoms. The predicted molar refractivity (Wildman–Crippen MR) is 65.4 cm³/mol. The van der Waals surface area contributed by atoms with E-state index in [1.54, 1.807) is 19.2 Å². The van der Waals surface area contributed by atoms with E-state index in [1.807, 2.05) is 19.9 Å². The lowest BCUT2D eigenvalue weighted by Gasteiger charge is -2.10. The topological polar surface area (TPSA) is 38.3 Å². The smallest absolute Gasteiger partial charge is 0.255 e. The normalized spacial score (nSPS) is 12.0. The van der Waals surface area contributed by atoms with Gasteiger partial charge in [0.1, 0.15) is 5.75 Å². The van der Waals surface area contributed by atoms with E-state index in [0.717, 1.165) is 5.56 Å². The molecule has 0 fully saturated rings. The summed E-state index contributed by atoms with van der Waals surface area (Å²) in [6, 6.07) is 5.49. The summed E-state index contributed by atoms with van der Waals surface area (Å²) in [5.41, 5.74) is 1.56. The molecule has 0 aromatic heterocycles. The SMILES string of the molecule is COc1ccc(C)cc1C(=O)NCC(C)Cl. The highest BCUT2D eigenvalue weighted by Gasteiger charge is 2.12. The standard InChI is InChI=1S/C12H16ClNO2/c1-8-4-5-11(16-3)10(6-8)12(15)14-7-9(2)13/h4-6,9H,7H2,1-3H3,(H,14,15). The molecule has 0 aliphatic carbocycles. The zero-order chi connectivity index (χ0) is 12.1. The number of carbonyl (C=O) groups excluding carboxylic acids is 1. The van der Waals surface area contributed by atoms with Crippen LogP contribution in [0.15, 0.2) is 18.2 Å². The fraction of sp³-hybridized carbons (Fsp3) is 0.417. The van der Waals surface area contributed by atoms with Crippen LogP contribution in [0.2, 0.25) is 0 Å². The van der Waals surface area contributed by atoms with E-state index >= 15 is 0 Å². The first-order valence-corrected chi connectivity index (χ1v) is 5.55. The quantitative estimate of drug-likeness (QED) is 0.822. The molecule has 0 saturated carbocycles. The molecule has 0 aliphatic heterocycles. The molecule has 3 nitrogen and oxygen atoms in total. The number of hydrogen-bond acceptors (Lipinski definition) is 2. The van der Waals surface area contributed by atoms with Crippen molar-refractivity contribution in [3.05, 3.63) is 29.3 Å². The van der Waals surface area contributed by atoms with Crippen LogP contribution in [-0.2, 0) is 0 Å². The Labute approximate surface area is 101 Å². The van der Waals surface area contributed by atoms with Gasteiger partial charge in [0.25, 0.3) is 5.91 Å². The van der Waals surface area contributed by atoms with E-state index in [0.29, 0.717) is 17.9 Å². The summed E-state index contributed by atoms with van der Waals surface area (Å²) < 4.78 is 5.13. The Morgan fingerprint density at radius 2 is 2.25 bits per heavy atom. The number of aryl methyl sites for hydroxylation is 1. The predicted octanol–water partition coefficient (Wildman–Crippen LogP) is 2.36. The first kappa shape index (κ1) is 12.8. The molecule has 0 bridgehead atoms. The van der Waals surface area contributed by atoms with Crippen molar-refractivity contribution in [3.8, 4) is 5.75 Å². The van der Waals surface area contributed by atoms with Gasteiger partial charge in [-0.1, -0.05) is 11.6 Å². The van der Waals surface area contributed by atoms with Crippen molar-refractivity contribution in [1.82, 2.24) is 5.32 Å². The van der Waals surface area contributed by atoms with Gasteiger partial charge in [-0.05, 0) is 26.0 Å². The third kappa shape index (κ3) is 3.42. The summed E-state index contributed by atoms with van der Waals surface area (Å²) in [6.45, 7) is 4.20. The van der Waals surface area contributed by atoms with Gasteiger partial charge in [0.05, 0.1) is 12.7 Å². The molecule has 16 heavy (non-hydrogen) atoms. The van der Waals surface area contributed by atoms with Crippen LogP contribution in [0.4, 0.5) is 0 Å². The lowest BCUT2D eigenvalue weighted by molar-refractivity contribution is 0.0951. The zero-order valence-corrected chi connectivity index (χ0v) is 10.5. The molecular weight excluding hydrogens is 226 g/mol. The molecule has 0 saturated heterocycles. The Kier molecular flexibility index (Phi) is 4.62. The Hall–Kier alpha value is -1.22. The van der Waals surface area contributed by atoms with Crippen molar-refractivity contribution in [1.29, 1.82) is 0 Å². The number of carbonyl (C=O) groups is 1. The lowest BCUT2D eigenvalue weighted by Crippen LogP contribution is -2.28. The maximum Gasteiger partial charge on any atom is 0.255 e. The summed E-state index contributed by atoms with van der Waals surface area (Å²) in [5.74, 6) is 0.415. The van der Waals surface area contributed by atoms with Crippen molar-refractivity contribution in [2.75, 3.05) is 13.7 Å². The minimum atomic E-state index is -0.159. The number of nitrogens with one attached hydrogen (secondary N) is 1. The minimum absolute atomic E-state index is 0.0836. The van der Waals surface area contributed by atoms with Gasteiger partial charge >= 0.3 is 0 Å². The Morgan fingerprint density at radius 1 is 1.56 bits per heavy atom. The molecule has 1 rings (SSSR count). The maximum atomic E-state index is 11.8. The Balaban J connectivity index is 2.84. The summed E-state index contributed by atoms with van der Waals surface area (Å²) in [4.78, 5) is 11.8. The van der Waals surface area contributed by atoms with E-state index in [-0.39, 0.29) is 11.3 Å². The molecule has 0 aliphatic rings. The lowest BCUT2D eigenvalue weighted by atomic mass is 10.1. The number of methoxy groups -OCH3 is 1. The second kappa shape index (κ2) is 5.75. The van der Waals surface area contributed by atoms with Crippen LogP contribution >= 0.6 is 11.6 Å². The Bertz CT molecular complexity index is 377. The maximum absolute atomic E-state index is 11.8. The summed E-state index contributed by atoms with van der Waals surface area (Å²) >= 11 is 5.77. The van der Waals surface area contributed by atoms with Crippen molar-refractivity contribution in [3.63, 3.8) is 0 Å². The van der Waals surface area contributed by atoms with Gasteiger partial charge in [-0.3, -0.25) is 4.79 Å². The van der Waals surface area contributed by atoms with Crippen LogP contribution in [0, 0.1) is 6.92 Å². The molecule has 88 valence electrons. The van der Waals surface area contributed by atoms with Crippen LogP contribution in [0.3, 0.4) is 0 Å². The van der Waals surface area contributed by atoms with Crippen LogP contribution in [-0.4, -0.2) is 24.9 Å². The summed E-state index contributed by atoms with van der Waals surface area (Å²) in [6.07, 6.45) is 0. The molecule has 4 heteroatoms. The number of hydrogen-bond donors (Lipinski definition) is 1. The number of alkyl halides is 1. The monoisotopic (exact) mass is 241 g/mol. The van der Waals surface area contributed by atoms with Crippen LogP contribution in [0.25, 0.3) is 0 Å². The number of ether oxygens (including phenoxy) is 1. The summed E-state index contributed by atoms with van der Waals surface area (Å²) in [7, 11) is 1.55. The molecule has 1 aromatic rings. The van der Waals surface area contributed by atoms with E-state index in [1.165, 1.54) is 0 Å². The molecule has 1 atom stereocenters. The van der Waals surface area contributed by atoms with Crippen molar-refractivity contribution in [2.24, 2.45) is 0 Å². The van der Waals surface area contributed by atoms with E-state index in [4.69, 9.17) is 16.3 Å². The van der Waals surface area contributed by atoms with Gasteiger partial charge in [0.15, 0.2) is 0 Å². The molecule has 1 N–H and O–H groups in total. The zero-order valence-electron chi connectivity index (χ0n) is 9.71. The molecule has 0 radical (unpaired) electrons. The summed E-state index contributed by atoms with van der Waals surface area (Å²) in [5, 5.41) is 2.67. The average molecular weight is 242 g/mol. The molecule has 1 amide bonds. The highest BCUT2D eigenvalue weighted by Crippen LogP contribution is 2.19. The second-order valence-electron chi connectivity index (χ2n) is 3.69. The molecular formula is C12H16ClNO2. The largest absolute Gasteiger partial charge is 0.496 e. The fourth-order valence-corrected chi connectivity index (χ4v) is 1.40. The molecule has 1 unspecified atom stereocenters. The van der Waals surface area contributed by atoms with E-state index < -0.39 is 0 Å². The van der Waals surface area contributed by atoms with Crippen molar-refractivity contribution >= 4 is 17.5 Å². The van der Waals surface area contributed by atoms with Gasteiger partial charge in [0, 0.05) is 11.9 Å².